The van der Waals surface area contributed by atoms with Crippen LogP contribution in [0.25, 0.3) is 10.2 Å². The minimum atomic E-state index is 0.0852. The lowest BCUT2D eigenvalue weighted by atomic mass is 10.3. The Morgan fingerprint density at radius 1 is 1.40 bits per heavy atom. The summed E-state index contributed by atoms with van der Waals surface area (Å²) < 4.78 is 1.20. The summed E-state index contributed by atoms with van der Waals surface area (Å²) in [6.45, 7) is 4.01. The molecule has 0 spiro atoms. The van der Waals surface area contributed by atoms with E-state index in [4.69, 9.17) is 0 Å². The van der Waals surface area contributed by atoms with Crippen molar-refractivity contribution in [3.8, 4) is 0 Å². The molecule has 0 unspecified atom stereocenters. The van der Waals surface area contributed by atoms with Gasteiger partial charge in [0.25, 0.3) is 0 Å². The second-order valence-corrected chi connectivity index (χ2v) is 6.07. The van der Waals surface area contributed by atoms with E-state index in [-0.39, 0.29) is 5.91 Å². The number of aromatic nitrogens is 1. The molecule has 0 saturated heterocycles. The molecule has 4 nitrogen and oxygen atoms in total. The first-order valence-corrected chi connectivity index (χ1v) is 7.80. The Labute approximate surface area is 123 Å². The largest absolute Gasteiger partial charge is 0.355 e. The van der Waals surface area contributed by atoms with Gasteiger partial charge in [-0.15, -0.1) is 11.3 Å². The first-order chi connectivity index (χ1) is 9.69. The fraction of sp³-hybridized carbons (Fsp3) is 0.467. The Morgan fingerprint density at radius 2 is 2.20 bits per heavy atom. The predicted molar refractivity (Wildman–Crippen MR) is 83.9 cm³/mol. The Bertz CT molecular complexity index is 534. The number of carbonyl (C=O) groups is 1. The molecule has 1 N–H and O–H groups in total. The summed E-state index contributed by atoms with van der Waals surface area (Å²) in [5, 5.41) is 3.98. The van der Waals surface area contributed by atoms with Crippen LogP contribution in [0.3, 0.4) is 0 Å². The van der Waals surface area contributed by atoms with E-state index >= 15 is 0 Å². The van der Waals surface area contributed by atoms with Crippen molar-refractivity contribution in [1.82, 2.24) is 15.2 Å². The molecule has 2 rings (SSSR count). The summed E-state index contributed by atoms with van der Waals surface area (Å²) in [5.41, 5.74) is 1.04. The lowest BCUT2D eigenvalue weighted by Crippen LogP contribution is -2.35. The lowest BCUT2D eigenvalue weighted by Gasteiger charge is -2.14. The highest BCUT2D eigenvalue weighted by Gasteiger charge is 2.09. The quantitative estimate of drug-likeness (QED) is 0.798. The van der Waals surface area contributed by atoms with Crippen molar-refractivity contribution in [2.45, 2.75) is 26.3 Å². The van der Waals surface area contributed by atoms with Gasteiger partial charge >= 0.3 is 0 Å². The van der Waals surface area contributed by atoms with Crippen molar-refractivity contribution in [2.24, 2.45) is 0 Å². The number of carbonyl (C=O) groups excluding carboxylic acids is 1. The summed E-state index contributed by atoms with van der Waals surface area (Å²) in [4.78, 5) is 18.3. The zero-order chi connectivity index (χ0) is 14.4. The standard InChI is InChI=1S/C15H21N3OS/c1-3-4-9-16-14(19)10-18(2)11-15-17-12-7-5-6-8-13(12)20-15/h5-8H,3-4,9-11H2,1-2H3,(H,16,19). The number of nitrogens with zero attached hydrogens (tertiary/aromatic N) is 2. The van der Waals surface area contributed by atoms with Gasteiger partial charge < -0.3 is 5.32 Å². The average molecular weight is 291 g/mol. The molecular weight excluding hydrogens is 270 g/mol. The molecule has 0 atom stereocenters. The third kappa shape index (κ3) is 4.28. The number of benzene rings is 1. The molecule has 0 fully saturated rings. The van der Waals surface area contributed by atoms with Crippen LogP contribution in [0.1, 0.15) is 24.8 Å². The van der Waals surface area contributed by atoms with E-state index in [1.807, 2.05) is 30.1 Å². The van der Waals surface area contributed by atoms with E-state index in [1.54, 1.807) is 11.3 Å². The topological polar surface area (TPSA) is 45.2 Å². The highest BCUT2D eigenvalue weighted by atomic mass is 32.1. The molecule has 20 heavy (non-hydrogen) atoms. The zero-order valence-electron chi connectivity index (χ0n) is 12.1. The summed E-state index contributed by atoms with van der Waals surface area (Å²) in [6, 6.07) is 8.12. The average Bonchev–Trinajstić information content (AvgIpc) is 2.80. The van der Waals surface area contributed by atoms with E-state index in [9.17, 15) is 4.79 Å². The van der Waals surface area contributed by atoms with Gasteiger partial charge in [0.1, 0.15) is 5.01 Å². The summed E-state index contributed by atoms with van der Waals surface area (Å²) in [7, 11) is 1.95. The van der Waals surface area contributed by atoms with Gasteiger partial charge in [-0.1, -0.05) is 25.5 Å². The van der Waals surface area contributed by atoms with Crippen LogP contribution in [0, 0.1) is 0 Å². The van der Waals surface area contributed by atoms with Gasteiger partial charge in [-0.05, 0) is 25.6 Å². The van der Waals surface area contributed by atoms with Crippen LogP contribution in [-0.4, -0.2) is 35.9 Å². The smallest absolute Gasteiger partial charge is 0.234 e. The van der Waals surface area contributed by atoms with Gasteiger partial charge in [-0.25, -0.2) is 4.98 Å². The Hall–Kier alpha value is -1.46. The normalized spacial score (nSPS) is 11.2. The van der Waals surface area contributed by atoms with Crippen LogP contribution in [0.2, 0.25) is 0 Å². The predicted octanol–water partition coefficient (Wildman–Crippen LogP) is 2.64. The van der Waals surface area contributed by atoms with E-state index < -0.39 is 0 Å². The number of thiazole rings is 1. The molecule has 0 aliphatic rings. The van der Waals surface area contributed by atoms with Crippen molar-refractivity contribution in [1.29, 1.82) is 0 Å². The molecule has 0 aliphatic heterocycles. The molecule has 5 heteroatoms. The number of amides is 1. The zero-order valence-corrected chi connectivity index (χ0v) is 12.9. The van der Waals surface area contributed by atoms with Crippen molar-refractivity contribution in [2.75, 3.05) is 20.1 Å². The van der Waals surface area contributed by atoms with Crippen molar-refractivity contribution >= 4 is 27.5 Å². The number of fused-ring (bicyclic) bond motifs is 1. The van der Waals surface area contributed by atoms with E-state index in [0.717, 1.165) is 29.9 Å². The molecular formula is C15H21N3OS. The molecule has 0 aliphatic carbocycles. The number of hydrogen-bond acceptors (Lipinski definition) is 4. The molecule has 0 radical (unpaired) electrons. The summed E-state index contributed by atoms with van der Waals surface area (Å²) >= 11 is 1.69. The van der Waals surface area contributed by atoms with Crippen molar-refractivity contribution in [3.05, 3.63) is 29.3 Å². The maximum absolute atomic E-state index is 11.7. The monoisotopic (exact) mass is 291 g/mol. The van der Waals surface area contributed by atoms with Crippen LogP contribution in [0.4, 0.5) is 0 Å². The maximum Gasteiger partial charge on any atom is 0.234 e. The second kappa shape index (κ2) is 7.36. The van der Waals surface area contributed by atoms with Gasteiger partial charge in [0.05, 0.1) is 23.3 Å². The summed E-state index contributed by atoms with van der Waals surface area (Å²) in [5.74, 6) is 0.0852. The number of unbranched alkanes of at least 4 members (excludes halogenated alkanes) is 1. The first kappa shape index (κ1) is 14.9. The van der Waals surface area contributed by atoms with Crippen LogP contribution >= 0.6 is 11.3 Å². The molecule has 1 aromatic carbocycles. The van der Waals surface area contributed by atoms with Gasteiger partial charge in [0, 0.05) is 6.54 Å². The van der Waals surface area contributed by atoms with Crippen LogP contribution < -0.4 is 5.32 Å². The number of rotatable bonds is 7. The Kier molecular flexibility index (Phi) is 5.49. The van der Waals surface area contributed by atoms with Gasteiger partial charge in [0.15, 0.2) is 0 Å². The van der Waals surface area contributed by atoms with Crippen LogP contribution in [0.5, 0.6) is 0 Å². The SMILES string of the molecule is CCCCNC(=O)CN(C)Cc1nc2ccccc2s1. The molecule has 0 saturated carbocycles. The minimum Gasteiger partial charge on any atom is -0.355 e. The minimum absolute atomic E-state index is 0.0852. The van der Waals surface area contributed by atoms with Gasteiger partial charge in [-0.2, -0.15) is 0 Å². The fourth-order valence-corrected chi connectivity index (χ4v) is 3.03. The van der Waals surface area contributed by atoms with Crippen LogP contribution in [0.15, 0.2) is 24.3 Å². The Morgan fingerprint density at radius 3 is 2.95 bits per heavy atom. The van der Waals surface area contributed by atoms with Gasteiger partial charge in [0.2, 0.25) is 5.91 Å². The third-order valence-electron chi connectivity index (χ3n) is 3.01. The molecule has 1 heterocycles. The van der Waals surface area contributed by atoms with E-state index in [0.29, 0.717) is 13.1 Å². The Balaban J connectivity index is 1.84. The molecule has 1 aromatic heterocycles. The second-order valence-electron chi connectivity index (χ2n) is 4.95. The first-order valence-electron chi connectivity index (χ1n) is 6.98. The van der Waals surface area contributed by atoms with Crippen molar-refractivity contribution in [3.63, 3.8) is 0 Å². The number of likely N-dealkylation sites (N-methyl/N-ethyl adjacent to an activating group) is 1. The van der Waals surface area contributed by atoms with Gasteiger partial charge in [-0.3, -0.25) is 9.69 Å². The van der Waals surface area contributed by atoms with Crippen LogP contribution in [-0.2, 0) is 11.3 Å². The summed E-state index contributed by atoms with van der Waals surface area (Å²) in [6.07, 6.45) is 2.13. The molecule has 1 amide bonds. The molecule has 108 valence electrons. The highest BCUT2D eigenvalue weighted by molar-refractivity contribution is 7.18. The number of nitrogens with one attached hydrogen (secondary N) is 1. The number of para-hydroxylation sites is 1. The highest BCUT2D eigenvalue weighted by Crippen LogP contribution is 2.22. The van der Waals surface area contributed by atoms with E-state index in [2.05, 4.69) is 23.3 Å². The maximum atomic E-state index is 11.7. The molecule has 2 aromatic rings. The number of hydrogen-bond donors (Lipinski definition) is 1. The lowest BCUT2D eigenvalue weighted by molar-refractivity contribution is -0.122. The van der Waals surface area contributed by atoms with Crippen molar-refractivity contribution < 1.29 is 4.79 Å². The molecule has 0 bridgehead atoms. The fourth-order valence-electron chi connectivity index (χ4n) is 1.98. The van der Waals surface area contributed by atoms with E-state index in [1.165, 1.54) is 4.70 Å². The third-order valence-corrected chi connectivity index (χ3v) is 4.03.